The first-order valence-electron chi connectivity index (χ1n) is 6.22. The summed E-state index contributed by atoms with van der Waals surface area (Å²) in [6, 6.07) is 8.84. The molecule has 1 amide bonds. The first-order chi connectivity index (χ1) is 9.55. The van der Waals surface area contributed by atoms with E-state index in [1.54, 1.807) is 0 Å². The highest BCUT2D eigenvalue weighted by Gasteiger charge is 2.28. The van der Waals surface area contributed by atoms with E-state index in [1.165, 1.54) is 12.3 Å². The fourth-order valence-electron chi connectivity index (χ4n) is 1.84. The second-order valence-electron chi connectivity index (χ2n) is 4.46. The number of aromatic nitrogens is 1. The van der Waals surface area contributed by atoms with Crippen LogP contribution in [0.2, 0.25) is 0 Å². The number of carbonyl (C=O) groups is 1. The number of nitrogens with zero attached hydrogens (tertiary/aromatic N) is 1. The Morgan fingerprint density at radius 2 is 2.10 bits per heavy atom. The van der Waals surface area contributed by atoms with Gasteiger partial charge < -0.3 is 14.9 Å². The molecular formula is C14H15BrN2O3. The smallest absolute Gasteiger partial charge is 0.273 e. The van der Waals surface area contributed by atoms with Crippen LogP contribution in [-0.4, -0.2) is 22.7 Å². The number of halogens is 1. The lowest BCUT2D eigenvalue weighted by atomic mass is 9.91. The molecule has 2 N–H and O–H groups in total. The zero-order valence-corrected chi connectivity index (χ0v) is 12.6. The minimum atomic E-state index is -1.11. The fraction of sp³-hybridized carbons (Fsp3) is 0.286. The Bertz CT molecular complexity index is 569. The first kappa shape index (κ1) is 14.7. The Kier molecular flexibility index (Phi) is 4.57. The second-order valence-corrected chi connectivity index (χ2v) is 5.38. The van der Waals surface area contributed by atoms with Crippen molar-refractivity contribution >= 4 is 21.8 Å². The Morgan fingerprint density at radius 1 is 1.40 bits per heavy atom. The zero-order chi connectivity index (χ0) is 14.6. The molecule has 20 heavy (non-hydrogen) atoms. The predicted molar refractivity (Wildman–Crippen MR) is 77.2 cm³/mol. The number of benzene rings is 1. The maximum Gasteiger partial charge on any atom is 0.273 e. The predicted octanol–water partition coefficient (Wildman–Crippen LogP) is 2.46. The van der Waals surface area contributed by atoms with Crippen molar-refractivity contribution < 1.29 is 14.4 Å². The van der Waals surface area contributed by atoms with Crippen molar-refractivity contribution in [1.29, 1.82) is 0 Å². The van der Waals surface area contributed by atoms with Gasteiger partial charge in [0, 0.05) is 10.5 Å². The monoisotopic (exact) mass is 338 g/mol. The van der Waals surface area contributed by atoms with Crippen molar-refractivity contribution in [3.8, 4) is 0 Å². The number of hydrogen-bond acceptors (Lipinski definition) is 4. The third kappa shape index (κ3) is 3.26. The SMILES string of the molecule is CC[C@@](O)(CNC(=O)c1ccon1)c1ccc(Br)cc1. The minimum Gasteiger partial charge on any atom is -0.383 e. The van der Waals surface area contributed by atoms with Gasteiger partial charge in [-0.3, -0.25) is 4.79 Å². The summed E-state index contributed by atoms with van der Waals surface area (Å²) in [7, 11) is 0. The van der Waals surface area contributed by atoms with E-state index in [-0.39, 0.29) is 18.1 Å². The van der Waals surface area contributed by atoms with E-state index in [9.17, 15) is 9.90 Å². The summed E-state index contributed by atoms with van der Waals surface area (Å²) in [5, 5.41) is 16.9. The van der Waals surface area contributed by atoms with E-state index in [2.05, 4.69) is 30.9 Å². The van der Waals surface area contributed by atoms with Crippen LogP contribution in [0.4, 0.5) is 0 Å². The van der Waals surface area contributed by atoms with E-state index < -0.39 is 5.60 Å². The molecule has 0 spiro atoms. The van der Waals surface area contributed by atoms with Crippen LogP contribution in [0.5, 0.6) is 0 Å². The van der Waals surface area contributed by atoms with Crippen molar-refractivity contribution in [1.82, 2.24) is 10.5 Å². The molecule has 0 radical (unpaired) electrons. The van der Waals surface area contributed by atoms with Crippen LogP contribution < -0.4 is 5.32 Å². The van der Waals surface area contributed by atoms with Crippen molar-refractivity contribution in [2.45, 2.75) is 18.9 Å². The molecule has 1 aromatic carbocycles. The molecule has 106 valence electrons. The lowest BCUT2D eigenvalue weighted by molar-refractivity contribution is 0.0313. The van der Waals surface area contributed by atoms with Gasteiger partial charge >= 0.3 is 0 Å². The Hall–Kier alpha value is -1.66. The molecular weight excluding hydrogens is 324 g/mol. The second kappa shape index (κ2) is 6.19. The van der Waals surface area contributed by atoms with Crippen molar-refractivity contribution in [3.63, 3.8) is 0 Å². The van der Waals surface area contributed by atoms with Crippen LogP contribution in [0.15, 0.2) is 45.6 Å². The van der Waals surface area contributed by atoms with Crippen LogP contribution in [0, 0.1) is 0 Å². The van der Waals surface area contributed by atoms with Crippen LogP contribution in [-0.2, 0) is 5.60 Å². The Labute approximate surface area is 125 Å². The molecule has 0 saturated heterocycles. The summed E-state index contributed by atoms with van der Waals surface area (Å²) in [6.45, 7) is 1.97. The average Bonchev–Trinajstić information content (AvgIpc) is 2.99. The number of aliphatic hydroxyl groups is 1. The standard InChI is InChI=1S/C14H15BrN2O3/c1-2-14(19,10-3-5-11(15)6-4-10)9-16-13(18)12-7-8-20-17-12/h3-8,19H,2,9H2,1H3,(H,16,18)/t14-/m1/s1. The number of hydrogen-bond donors (Lipinski definition) is 2. The molecule has 0 aliphatic rings. The molecule has 1 heterocycles. The largest absolute Gasteiger partial charge is 0.383 e. The number of carbonyl (C=O) groups excluding carboxylic acids is 1. The summed E-state index contributed by atoms with van der Waals surface area (Å²) in [5.41, 5.74) is -0.164. The molecule has 0 aliphatic carbocycles. The van der Waals surface area contributed by atoms with Gasteiger partial charge in [0.2, 0.25) is 0 Å². The quantitative estimate of drug-likeness (QED) is 0.878. The van der Waals surface area contributed by atoms with E-state index in [0.717, 1.165) is 10.0 Å². The highest BCUT2D eigenvalue weighted by Crippen LogP contribution is 2.25. The van der Waals surface area contributed by atoms with Gasteiger partial charge in [-0.25, -0.2) is 0 Å². The average molecular weight is 339 g/mol. The number of amides is 1. The Morgan fingerprint density at radius 3 is 2.65 bits per heavy atom. The Balaban J connectivity index is 2.08. The van der Waals surface area contributed by atoms with Crippen molar-refractivity contribution in [2.24, 2.45) is 0 Å². The summed E-state index contributed by atoms with van der Waals surface area (Å²) >= 11 is 3.35. The zero-order valence-electron chi connectivity index (χ0n) is 11.0. The van der Waals surface area contributed by atoms with Gasteiger partial charge in [0.1, 0.15) is 11.9 Å². The molecule has 5 nitrogen and oxygen atoms in total. The topological polar surface area (TPSA) is 75.4 Å². The first-order valence-corrected chi connectivity index (χ1v) is 7.01. The molecule has 0 unspecified atom stereocenters. The molecule has 0 saturated carbocycles. The lowest BCUT2D eigenvalue weighted by Gasteiger charge is -2.27. The third-order valence-corrected chi connectivity index (χ3v) is 3.71. The van der Waals surface area contributed by atoms with Crippen molar-refractivity contribution in [2.75, 3.05) is 6.54 Å². The molecule has 2 rings (SSSR count). The van der Waals surface area contributed by atoms with Gasteiger partial charge in [-0.05, 0) is 24.1 Å². The maximum absolute atomic E-state index is 11.8. The molecule has 0 fully saturated rings. The van der Waals surface area contributed by atoms with Gasteiger partial charge in [0.05, 0.1) is 6.54 Å². The van der Waals surface area contributed by atoms with Crippen LogP contribution in [0.1, 0.15) is 29.4 Å². The summed E-state index contributed by atoms with van der Waals surface area (Å²) in [5.74, 6) is -0.372. The highest BCUT2D eigenvalue weighted by atomic mass is 79.9. The van der Waals surface area contributed by atoms with Gasteiger partial charge in [-0.1, -0.05) is 40.1 Å². The molecule has 2 aromatic rings. The minimum absolute atomic E-state index is 0.108. The molecule has 0 bridgehead atoms. The fourth-order valence-corrected chi connectivity index (χ4v) is 2.10. The highest BCUT2D eigenvalue weighted by molar-refractivity contribution is 9.10. The summed E-state index contributed by atoms with van der Waals surface area (Å²) in [4.78, 5) is 11.8. The van der Waals surface area contributed by atoms with E-state index >= 15 is 0 Å². The molecule has 6 heteroatoms. The van der Waals surface area contributed by atoms with Gasteiger partial charge in [-0.2, -0.15) is 0 Å². The normalized spacial score (nSPS) is 13.8. The van der Waals surface area contributed by atoms with Gasteiger partial charge in [-0.15, -0.1) is 0 Å². The summed E-state index contributed by atoms with van der Waals surface area (Å²) < 4.78 is 5.55. The number of nitrogens with one attached hydrogen (secondary N) is 1. The van der Waals surface area contributed by atoms with E-state index in [0.29, 0.717) is 6.42 Å². The van der Waals surface area contributed by atoms with Crippen molar-refractivity contribution in [3.05, 3.63) is 52.3 Å². The lowest BCUT2D eigenvalue weighted by Crippen LogP contribution is -2.40. The van der Waals surface area contributed by atoms with E-state index in [4.69, 9.17) is 0 Å². The summed E-state index contributed by atoms with van der Waals surface area (Å²) in [6.07, 6.45) is 1.81. The molecule has 0 aliphatic heterocycles. The third-order valence-electron chi connectivity index (χ3n) is 3.18. The molecule has 1 atom stereocenters. The number of rotatable bonds is 5. The van der Waals surface area contributed by atoms with Gasteiger partial charge in [0.15, 0.2) is 5.69 Å². The van der Waals surface area contributed by atoms with Crippen LogP contribution >= 0.6 is 15.9 Å². The van der Waals surface area contributed by atoms with Crippen LogP contribution in [0.25, 0.3) is 0 Å². The van der Waals surface area contributed by atoms with E-state index in [1.807, 2.05) is 31.2 Å². The van der Waals surface area contributed by atoms with Crippen LogP contribution in [0.3, 0.4) is 0 Å². The maximum atomic E-state index is 11.8. The van der Waals surface area contributed by atoms with Gasteiger partial charge in [0.25, 0.3) is 5.91 Å². The molecule has 1 aromatic heterocycles.